The van der Waals surface area contributed by atoms with Crippen molar-refractivity contribution in [1.29, 1.82) is 0 Å². The number of hydrogen-bond acceptors (Lipinski definition) is 2. The summed E-state index contributed by atoms with van der Waals surface area (Å²) >= 11 is 0. The molecule has 0 unspecified atom stereocenters. The number of hydrogen-bond donors (Lipinski definition) is 1. The minimum atomic E-state index is -0.929. The lowest BCUT2D eigenvalue weighted by atomic mass is 9.62. The number of aliphatic carboxylic acids is 1. The molecule has 1 aromatic rings. The van der Waals surface area contributed by atoms with Crippen LogP contribution in [0, 0.1) is 5.92 Å². The van der Waals surface area contributed by atoms with E-state index in [2.05, 4.69) is 60.6 Å². The molecule has 3 nitrogen and oxygen atoms in total. The molecule has 0 radical (unpaired) electrons. The number of rotatable bonds is 7. The van der Waals surface area contributed by atoms with Crippen LogP contribution >= 0.6 is 0 Å². The van der Waals surface area contributed by atoms with Crippen molar-refractivity contribution in [1.82, 2.24) is 0 Å². The highest BCUT2D eigenvalue weighted by Gasteiger charge is 2.38. The van der Waals surface area contributed by atoms with E-state index in [0.29, 0.717) is 18.1 Å². The highest BCUT2D eigenvalue weighted by Crippen LogP contribution is 2.48. The van der Waals surface area contributed by atoms with Crippen LogP contribution < -0.4 is 4.74 Å². The third kappa shape index (κ3) is 5.87. The first-order chi connectivity index (χ1) is 13.8. The Morgan fingerprint density at radius 1 is 1.10 bits per heavy atom. The van der Waals surface area contributed by atoms with Gasteiger partial charge in [0.2, 0.25) is 0 Å². The van der Waals surface area contributed by atoms with Crippen LogP contribution in [0.2, 0.25) is 0 Å². The monoisotopic (exact) mass is 410 g/mol. The van der Waals surface area contributed by atoms with Crippen LogP contribution in [0.15, 0.2) is 42.0 Å². The van der Waals surface area contributed by atoms with Crippen LogP contribution in [0.3, 0.4) is 0 Å². The summed E-state index contributed by atoms with van der Waals surface area (Å²) in [4.78, 5) is 10.8. The molecular weight excluding hydrogens is 372 g/mol. The first kappa shape index (κ1) is 24.0. The van der Waals surface area contributed by atoms with Gasteiger partial charge in [-0.25, -0.2) is 4.79 Å². The maximum Gasteiger partial charge on any atom is 0.328 e. The summed E-state index contributed by atoms with van der Waals surface area (Å²) in [7, 11) is 0. The van der Waals surface area contributed by atoms with E-state index in [1.807, 2.05) is 18.2 Å². The largest absolute Gasteiger partial charge is 0.493 e. The molecule has 0 heterocycles. The number of fused-ring (bicyclic) bond motifs is 1. The maximum atomic E-state index is 10.8. The summed E-state index contributed by atoms with van der Waals surface area (Å²) < 4.78 is 6.27. The normalized spacial score (nSPS) is 18.6. The van der Waals surface area contributed by atoms with Crippen molar-refractivity contribution in [3.63, 3.8) is 0 Å². The van der Waals surface area contributed by atoms with Gasteiger partial charge >= 0.3 is 5.97 Å². The van der Waals surface area contributed by atoms with Gasteiger partial charge in [0.05, 0.1) is 6.61 Å². The molecule has 164 valence electrons. The number of ether oxygens (including phenoxy) is 1. The average Bonchev–Trinajstić information content (AvgIpc) is 2.62. The van der Waals surface area contributed by atoms with E-state index in [1.165, 1.54) is 30.0 Å². The molecule has 2 rings (SSSR count). The molecule has 0 amide bonds. The predicted molar refractivity (Wildman–Crippen MR) is 126 cm³/mol. The molecule has 0 aliphatic heterocycles. The van der Waals surface area contributed by atoms with Gasteiger partial charge < -0.3 is 9.84 Å². The van der Waals surface area contributed by atoms with Crippen LogP contribution in [0.25, 0.3) is 5.57 Å². The molecule has 1 aromatic carbocycles. The second-order valence-electron chi connectivity index (χ2n) is 10.3. The van der Waals surface area contributed by atoms with Crippen LogP contribution in [0.4, 0.5) is 0 Å². The lowest BCUT2D eigenvalue weighted by Gasteiger charge is -2.42. The minimum Gasteiger partial charge on any atom is -0.493 e. The fourth-order valence-electron chi connectivity index (χ4n) is 3.95. The van der Waals surface area contributed by atoms with Gasteiger partial charge in [-0.2, -0.15) is 0 Å². The van der Waals surface area contributed by atoms with E-state index < -0.39 is 5.97 Å². The molecule has 0 atom stereocenters. The first-order valence-electron chi connectivity index (χ1n) is 10.9. The van der Waals surface area contributed by atoms with E-state index in [4.69, 9.17) is 9.84 Å². The summed E-state index contributed by atoms with van der Waals surface area (Å²) in [6.07, 6.45) is 9.30. The number of allylic oxidation sites excluding steroid dienone is 5. The lowest BCUT2D eigenvalue weighted by Crippen LogP contribution is -2.34. The van der Waals surface area contributed by atoms with Crippen molar-refractivity contribution in [3.8, 4) is 5.75 Å². The van der Waals surface area contributed by atoms with Gasteiger partial charge in [-0.15, -0.1) is 0 Å². The van der Waals surface area contributed by atoms with Gasteiger partial charge in [-0.3, -0.25) is 0 Å². The topological polar surface area (TPSA) is 46.5 Å². The average molecular weight is 411 g/mol. The van der Waals surface area contributed by atoms with Gasteiger partial charge in [-0.05, 0) is 77.8 Å². The van der Waals surface area contributed by atoms with Crippen molar-refractivity contribution in [2.45, 2.75) is 79.1 Å². The lowest BCUT2D eigenvalue weighted by molar-refractivity contribution is -0.131. The zero-order chi connectivity index (χ0) is 22.7. The first-order valence-corrected chi connectivity index (χ1v) is 10.9. The van der Waals surface area contributed by atoms with E-state index in [-0.39, 0.29) is 10.8 Å². The zero-order valence-corrected chi connectivity index (χ0v) is 19.9. The molecule has 0 fully saturated rings. The fraction of sp³-hybridized carbons (Fsp3) is 0.519. The van der Waals surface area contributed by atoms with Gasteiger partial charge in [0, 0.05) is 11.6 Å². The van der Waals surface area contributed by atoms with Gasteiger partial charge in [0.1, 0.15) is 5.75 Å². The Morgan fingerprint density at radius 3 is 2.20 bits per heavy atom. The Hall–Kier alpha value is -2.29. The van der Waals surface area contributed by atoms with E-state index in [9.17, 15) is 4.79 Å². The molecule has 0 saturated heterocycles. The van der Waals surface area contributed by atoms with Gasteiger partial charge in [0.25, 0.3) is 0 Å². The third-order valence-electron chi connectivity index (χ3n) is 6.01. The van der Waals surface area contributed by atoms with Crippen molar-refractivity contribution >= 4 is 11.5 Å². The number of carboxylic acids is 1. The summed E-state index contributed by atoms with van der Waals surface area (Å²) in [6.45, 7) is 18.2. The number of carbonyl (C=O) groups is 1. The van der Waals surface area contributed by atoms with Crippen LogP contribution in [-0.2, 0) is 15.6 Å². The van der Waals surface area contributed by atoms with Crippen molar-refractivity contribution in [2.75, 3.05) is 6.61 Å². The summed E-state index contributed by atoms with van der Waals surface area (Å²) in [6, 6.07) is 4.59. The molecule has 0 bridgehead atoms. The van der Waals surface area contributed by atoms with Crippen molar-refractivity contribution < 1.29 is 14.6 Å². The Bertz CT molecular complexity index is 880. The maximum absolute atomic E-state index is 10.8. The van der Waals surface area contributed by atoms with Crippen LogP contribution in [0.5, 0.6) is 5.75 Å². The number of carboxylic acid groups (broad SMARTS) is 1. The molecule has 0 aromatic heterocycles. The van der Waals surface area contributed by atoms with E-state index in [1.54, 1.807) is 6.92 Å². The minimum absolute atomic E-state index is 0.132. The summed E-state index contributed by atoms with van der Waals surface area (Å²) in [5.74, 6) is 0.459. The van der Waals surface area contributed by atoms with Crippen LogP contribution in [-0.4, -0.2) is 17.7 Å². The molecule has 1 aliphatic carbocycles. The number of benzene rings is 1. The molecule has 0 spiro atoms. The quantitative estimate of drug-likeness (QED) is 0.386. The Balaban J connectivity index is 2.54. The smallest absolute Gasteiger partial charge is 0.328 e. The second-order valence-corrected chi connectivity index (χ2v) is 10.3. The molecule has 30 heavy (non-hydrogen) atoms. The van der Waals surface area contributed by atoms with Crippen molar-refractivity contribution in [3.05, 3.63) is 58.7 Å². The van der Waals surface area contributed by atoms with Crippen LogP contribution in [0.1, 0.15) is 84.9 Å². The SMILES string of the molecule is CC(=CC(=O)O)/C=C/C=C(/C)c1cc2c(cc1OCC(C)C)C(C)(C)CCC2(C)C. The van der Waals surface area contributed by atoms with Gasteiger partial charge in [0.15, 0.2) is 0 Å². The van der Waals surface area contributed by atoms with Crippen molar-refractivity contribution in [2.24, 2.45) is 5.92 Å². The molecule has 3 heteroatoms. The predicted octanol–water partition coefficient (Wildman–Crippen LogP) is 7.06. The highest BCUT2D eigenvalue weighted by molar-refractivity contribution is 5.81. The molecule has 0 saturated carbocycles. The standard InChI is InChI=1S/C27H38O3/c1-18(2)17-30-24-16-23-22(26(5,6)12-13-27(23,7)8)15-21(24)20(4)11-9-10-19(3)14-25(28)29/h9-11,14-16,18H,12-13,17H2,1-8H3,(H,28,29)/b10-9+,19-14?,20-11-. The highest BCUT2D eigenvalue weighted by atomic mass is 16.5. The molecule has 1 aliphatic rings. The Kier molecular flexibility index (Phi) is 7.39. The molecule has 1 N–H and O–H groups in total. The summed E-state index contributed by atoms with van der Waals surface area (Å²) in [5.41, 5.74) is 5.99. The Labute approximate surface area is 182 Å². The third-order valence-corrected chi connectivity index (χ3v) is 6.01. The molecular formula is C27H38O3. The summed E-state index contributed by atoms with van der Waals surface area (Å²) in [5, 5.41) is 8.87. The van der Waals surface area contributed by atoms with E-state index in [0.717, 1.165) is 16.9 Å². The zero-order valence-electron chi connectivity index (χ0n) is 19.9. The Morgan fingerprint density at radius 2 is 1.67 bits per heavy atom. The van der Waals surface area contributed by atoms with Gasteiger partial charge in [-0.1, -0.05) is 59.8 Å². The second kappa shape index (κ2) is 9.24. The van der Waals surface area contributed by atoms with E-state index >= 15 is 0 Å². The fourth-order valence-corrected chi connectivity index (χ4v) is 3.95.